The number of carbonyl (C=O) groups excluding carboxylic acids is 1. The van der Waals surface area contributed by atoms with Crippen LogP contribution in [0.25, 0.3) is 11.1 Å². The van der Waals surface area contributed by atoms with E-state index in [9.17, 15) is 4.79 Å². The molecule has 0 aromatic heterocycles. The summed E-state index contributed by atoms with van der Waals surface area (Å²) in [5.74, 6) is -0.0149. The monoisotopic (exact) mass is 309 g/mol. The standard InChI is InChI=1S/C21H27NO/c1-20(2,3)15-21(4,5)22-19(23)18-13-11-17(12-14-18)16-9-7-6-8-10-16/h6-14H,15H2,1-5H3,(H,22,23). The van der Waals surface area contributed by atoms with E-state index in [1.807, 2.05) is 42.5 Å². The Balaban J connectivity index is 2.09. The van der Waals surface area contributed by atoms with Gasteiger partial charge in [-0.05, 0) is 48.9 Å². The van der Waals surface area contributed by atoms with E-state index >= 15 is 0 Å². The molecule has 2 aromatic rings. The van der Waals surface area contributed by atoms with Crippen LogP contribution in [0.2, 0.25) is 0 Å². The van der Waals surface area contributed by atoms with Gasteiger partial charge in [0.25, 0.3) is 5.91 Å². The first-order valence-corrected chi connectivity index (χ1v) is 8.14. The van der Waals surface area contributed by atoms with Crippen LogP contribution in [0.1, 0.15) is 51.4 Å². The fraction of sp³-hybridized carbons (Fsp3) is 0.381. The fourth-order valence-corrected chi connectivity index (χ4v) is 3.19. The van der Waals surface area contributed by atoms with Gasteiger partial charge < -0.3 is 5.32 Å². The summed E-state index contributed by atoms with van der Waals surface area (Å²) < 4.78 is 0. The Kier molecular flexibility index (Phi) is 4.93. The minimum Gasteiger partial charge on any atom is -0.347 e. The second-order valence-corrected chi connectivity index (χ2v) is 8.02. The van der Waals surface area contributed by atoms with Crippen molar-refractivity contribution in [2.75, 3.05) is 0 Å². The van der Waals surface area contributed by atoms with Gasteiger partial charge in [-0.1, -0.05) is 63.2 Å². The summed E-state index contributed by atoms with van der Waals surface area (Å²) in [6.07, 6.45) is 0.924. The highest BCUT2D eigenvalue weighted by atomic mass is 16.1. The number of amides is 1. The van der Waals surface area contributed by atoms with Crippen LogP contribution < -0.4 is 5.32 Å². The zero-order valence-corrected chi connectivity index (χ0v) is 14.8. The molecule has 0 saturated carbocycles. The summed E-state index contributed by atoms with van der Waals surface area (Å²) in [6, 6.07) is 18.0. The average molecular weight is 309 g/mol. The normalized spacial score (nSPS) is 12.0. The number of carbonyl (C=O) groups is 1. The molecule has 122 valence electrons. The lowest BCUT2D eigenvalue weighted by Crippen LogP contribution is -2.45. The Labute approximate surface area is 139 Å². The maximum Gasteiger partial charge on any atom is 0.251 e. The predicted molar refractivity (Wildman–Crippen MR) is 97.5 cm³/mol. The first-order chi connectivity index (χ1) is 10.7. The lowest BCUT2D eigenvalue weighted by Gasteiger charge is -2.33. The maximum atomic E-state index is 12.5. The van der Waals surface area contributed by atoms with E-state index in [1.54, 1.807) is 0 Å². The van der Waals surface area contributed by atoms with Gasteiger partial charge in [0.15, 0.2) is 0 Å². The van der Waals surface area contributed by atoms with Crippen LogP contribution in [0.3, 0.4) is 0 Å². The SMILES string of the molecule is CC(C)(C)CC(C)(C)NC(=O)c1ccc(-c2ccccc2)cc1. The van der Waals surface area contributed by atoms with E-state index in [0.717, 1.165) is 17.5 Å². The first kappa shape index (κ1) is 17.3. The van der Waals surface area contributed by atoms with Crippen molar-refractivity contribution in [3.63, 3.8) is 0 Å². The van der Waals surface area contributed by atoms with Gasteiger partial charge in [0, 0.05) is 11.1 Å². The third kappa shape index (κ3) is 5.24. The second-order valence-electron chi connectivity index (χ2n) is 8.02. The highest BCUT2D eigenvalue weighted by Gasteiger charge is 2.27. The smallest absolute Gasteiger partial charge is 0.251 e. The number of hydrogen-bond acceptors (Lipinski definition) is 1. The Bertz CT molecular complexity index is 648. The third-order valence-corrected chi connectivity index (χ3v) is 3.68. The zero-order chi connectivity index (χ0) is 17.1. The van der Waals surface area contributed by atoms with E-state index in [0.29, 0.717) is 5.56 Å². The molecule has 0 heterocycles. The van der Waals surface area contributed by atoms with Crippen LogP contribution in [0.15, 0.2) is 54.6 Å². The Morgan fingerprint density at radius 1 is 0.826 bits per heavy atom. The Hall–Kier alpha value is -2.09. The van der Waals surface area contributed by atoms with E-state index in [4.69, 9.17) is 0 Å². The van der Waals surface area contributed by atoms with Gasteiger partial charge in [-0.25, -0.2) is 0 Å². The quantitative estimate of drug-likeness (QED) is 0.816. The third-order valence-electron chi connectivity index (χ3n) is 3.68. The molecule has 0 unspecified atom stereocenters. The van der Waals surface area contributed by atoms with Crippen molar-refractivity contribution in [2.45, 2.75) is 46.6 Å². The summed E-state index contributed by atoms with van der Waals surface area (Å²) in [7, 11) is 0. The van der Waals surface area contributed by atoms with Crippen LogP contribution in [0, 0.1) is 5.41 Å². The van der Waals surface area contributed by atoms with E-state index in [2.05, 4.69) is 52.1 Å². The van der Waals surface area contributed by atoms with E-state index < -0.39 is 0 Å². The van der Waals surface area contributed by atoms with Gasteiger partial charge >= 0.3 is 0 Å². The summed E-state index contributed by atoms with van der Waals surface area (Å²) in [4.78, 5) is 12.5. The fourth-order valence-electron chi connectivity index (χ4n) is 3.19. The summed E-state index contributed by atoms with van der Waals surface area (Å²) in [6.45, 7) is 10.7. The second kappa shape index (κ2) is 6.57. The van der Waals surface area contributed by atoms with Crippen LogP contribution in [-0.4, -0.2) is 11.4 Å². The van der Waals surface area contributed by atoms with Gasteiger partial charge in [0.2, 0.25) is 0 Å². The van der Waals surface area contributed by atoms with Crippen molar-refractivity contribution in [1.82, 2.24) is 5.32 Å². The lowest BCUT2D eigenvalue weighted by molar-refractivity contribution is 0.0891. The molecule has 0 spiro atoms. The molecule has 2 rings (SSSR count). The minimum atomic E-state index is -0.229. The number of rotatable bonds is 4. The van der Waals surface area contributed by atoms with Gasteiger partial charge in [0.05, 0.1) is 0 Å². The molecular formula is C21H27NO. The van der Waals surface area contributed by atoms with E-state index in [1.165, 1.54) is 0 Å². The molecule has 2 heteroatoms. The first-order valence-electron chi connectivity index (χ1n) is 8.14. The maximum absolute atomic E-state index is 12.5. The molecule has 0 bridgehead atoms. The number of hydrogen-bond donors (Lipinski definition) is 1. The van der Waals surface area contributed by atoms with Gasteiger partial charge in [0.1, 0.15) is 0 Å². The summed E-state index contributed by atoms with van der Waals surface area (Å²) >= 11 is 0. The van der Waals surface area contributed by atoms with Crippen molar-refractivity contribution in [3.05, 3.63) is 60.2 Å². The predicted octanol–water partition coefficient (Wildman–Crippen LogP) is 5.30. The zero-order valence-electron chi connectivity index (χ0n) is 14.8. The molecule has 0 fully saturated rings. The molecule has 0 radical (unpaired) electrons. The van der Waals surface area contributed by atoms with Gasteiger partial charge in [-0.2, -0.15) is 0 Å². The highest BCUT2D eigenvalue weighted by Crippen LogP contribution is 2.27. The Morgan fingerprint density at radius 2 is 1.35 bits per heavy atom. The Morgan fingerprint density at radius 3 is 1.87 bits per heavy atom. The van der Waals surface area contributed by atoms with Gasteiger partial charge in [-0.15, -0.1) is 0 Å². The van der Waals surface area contributed by atoms with Gasteiger partial charge in [-0.3, -0.25) is 4.79 Å². The average Bonchev–Trinajstić information content (AvgIpc) is 2.45. The molecule has 0 aliphatic carbocycles. The van der Waals surface area contributed by atoms with Crippen molar-refractivity contribution in [2.24, 2.45) is 5.41 Å². The molecule has 1 amide bonds. The lowest BCUT2D eigenvalue weighted by atomic mass is 9.81. The molecule has 0 aliphatic heterocycles. The summed E-state index contributed by atoms with van der Waals surface area (Å²) in [5, 5.41) is 3.15. The van der Waals surface area contributed by atoms with Crippen molar-refractivity contribution >= 4 is 5.91 Å². The van der Waals surface area contributed by atoms with Crippen LogP contribution in [0.5, 0.6) is 0 Å². The molecule has 1 N–H and O–H groups in total. The van der Waals surface area contributed by atoms with Crippen molar-refractivity contribution < 1.29 is 4.79 Å². The molecule has 2 nitrogen and oxygen atoms in total. The van der Waals surface area contributed by atoms with Crippen LogP contribution >= 0.6 is 0 Å². The molecule has 0 saturated heterocycles. The molecule has 23 heavy (non-hydrogen) atoms. The molecular weight excluding hydrogens is 282 g/mol. The highest BCUT2D eigenvalue weighted by molar-refractivity contribution is 5.95. The molecule has 2 aromatic carbocycles. The number of nitrogens with one attached hydrogen (secondary N) is 1. The van der Waals surface area contributed by atoms with E-state index in [-0.39, 0.29) is 16.9 Å². The van der Waals surface area contributed by atoms with Crippen LogP contribution in [-0.2, 0) is 0 Å². The molecule has 0 aliphatic rings. The van der Waals surface area contributed by atoms with Crippen LogP contribution in [0.4, 0.5) is 0 Å². The summed E-state index contributed by atoms with van der Waals surface area (Å²) in [5.41, 5.74) is 2.93. The molecule has 0 atom stereocenters. The minimum absolute atomic E-state index is 0.0149. The number of benzene rings is 2. The van der Waals surface area contributed by atoms with Crippen molar-refractivity contribution in [1.29, 1.82) is 0 Å². The topological polar surface area (TPSA) is 29.1 Å². The van der Waals surface area contributed by atoms with Crippen molar-refractivity contribution in [3.8, 4) is 11.1 Å². The largest absolute Gasteiger partial charge is 0.347 e.